The van der Waals surface area contributed by atoms with E-state index in [0.29, 0.717) is 11.7 Å². The maximum absolute atomic E-state index is 11.4. The van der Waals surface area contributed by atoms with Crippen LogP contribution < -0.4 is 0 Å². The lowest BCUT2D eigenvalue weighted by Crippen LogP contribution is -2.14. The van der Waals surface area contributed by atoms with Gasteiger partial charge in [-0.25, -0.2) is 0 Å². The van der Waals surface area contributed by atoms with Crippen LogP contribution in [-0.4, -0.2) is 5.78 Å². The van der Waals surface area contributed by atoms with Gasteiger partial charge in [-0.3, -0.25) is 4.79 Å². The number of carbonyl (C=O) groups is 1. The van der Waals surface area contributed by atoms with Gasteiger partial charge in [0.25, 0.3) is 0 Å². The fraction of sp³-hybridized carbons (Fsp3) is 0.909. The van der Waals surface area contributed by atoms with Crippen LogP contribution in [0.1, 0.15) is 53.9 Å². The molecule has 0 aliphatic rings. The first-order valence-electron chi connectivity index (χ1n) is 4.87. The molecule has 1 atom stereocenters. The van der Waals surface area contributed by atoms with Gasteiger partial charge in [-0.2, -0.15) is 0 Å². The molecule has 1 heteroatoms. The Kier molecular flexibility index (Phi) is 4.51. The molecule has 12 heavy (non-hydrogen) atoms. The molecule has 0 heterocycles. The number of rotatable bonds is 4. The van der Waals surface area contributed by atoms with Gasteiger partial charge >= 0.3 is 0 Å². The average Bonchev–Trinajstić information content (AvgIpc) is 1.82. The van der Waals surface area contributed by atoms with Gasteiger partial charge in [0, 0.05) is 12.8 Å². The first kappa shape index (κ1) is 11.7. The Morgan fingerprint density at radius 2 is 1.83 bits per heavy atom. The molecule has 0 aromatic rings. The van der Waals surface area contributed by atoms with Crippen molar-refractivity contribution in [2.75, 3.05) is 0 Å². The minimum Gasteiger partial charge on any atom is -0.300 e. The van der Waals surface area contributed by atoms with Gasteiger partial charge in [0.1, 0.15) is 5.78 Å². The largest absolute Gasteiger partial charge is 0.300 e. The van der Waals surface area contributed by atoms with Crippen LogP contribution in [0, 0.1) is 11.3 Å². The smallest absolute Gasteiger partial charge is 0.133 e. The van der Waals surface area contributed by atoms with Crippen LogP contribution in [0.15, 0.2) is 0 Å². The van der Waals surface area contributed by atoms with Gasteiger partial charge < -0.3 is 0 Å². The third-order valence-corrected chi connectivity index (χ3v) is 2.00. The van der Waals surface area contributed by atoms with E-state index in [1.54, 1.807) is 0 Å². The number of ketones is 1. The van der Waals surface area contributed by atoms with Gasteiger partial charge in [0.2, 0.25) is 0 Å². The second-order valence-corrected chi connectivity index (χ2v) is 4.99. The fourth-order valence-corrected chi connectivity index (χ4v) is 1.20. The molecule has 0 fully saturated rings. The Bertz CT molecular complexity index is 142. The summed E-state index contributed by atoms with van der Waals surface area (Å²) in [5, 5.41) is 0. The minimum absolute atomic E-state index is 0.157. The molecule has 0 bridgehead atoms. The zero-order valence-corrected chi connectivity index (χ0v) is 9.11. The van der Waals surface area contributed by atoms with Crippen LogP contribution >= 0.6 is 0 Å². The van der Waals surface area contributed by atoms with Gasteiger partial charge in [-0.15, -0.1) is 0 Å². The molecule has 0 amide bonds. The highest BCUT2D eigenvalue weighted by atomic mass is 16.1. The van der Waals surface area contributed by atoms with Crippen molar-refractivity contribution in [1.82, 2.24) is 0 Å². The Morgan fingerprint density at radius 1 is 1.33 bits per heavy atom. The van der Waals surface area contributed by atoms with Gasteiger partial charge in [-0.1, -0.05) is 41.0 Å². The van der Waals surface area contributed by atoms with Crippen LogP contribution in [0.2, 0.25) is 0 Å². The average molecular weight is 170 g/mol. The molecule has 0 saturated heterocycles. The molecule has 0 aliphatic heterocycles. The molecule has 0 aliphatic carbocycles. The highest BCUT2D eigenvalue weighted by Crippen LogP contribution is 2.21. The van der Waals surface area contributed by atoms with E-state index in [2.05, 4.69) is 34.6 Å². The van der Waals surface area contributed by atoms with E-state index in [-0.39, 0.29) is 5.41 Å². The molecule has 0 spiro atoms. The summed E-state index contributed by atoms with van der Waals surface area (Å²) >= 11 is 0. The lowest BCUT2D eigenvalue weighted by atomic mass is 9.87. The quantitative estimate of drug-likeness (QED) is 0.631. The van der Waals surface area contributed by atoms with Gasteiger partial charge in [0.05, 0.1) is 0 Å². The summed E-state index contributed by atoms with van der Waals surface area (Å²) in [4.78, 5) is 11.4. The van der Waals surface area contributed by atoms with E-state index < -0.39 is 0 Å². The van der Waals surface area contributed by atoms with Crippen molar-refractivity contribution >= 4 is 5.78 Å². The second kappa shape index (κ2) is 4.64. The van der Waals surface area contributed by atoms with E-state index in [9.17, 15) is 4.79 Å². The molecular weight excluding hydrogens is 148 g/mol. The van der Waals surface area contributed by atoms with Crippen LogP contribution in [-0.2, 0) is 4.79 Å². The Hall–Kier alpha value is -0.330. The maximum Gasteiger partial charge on any atom is 0.133 e. The molecule has 1 unspecified atom stereocenters. The number of carbonyl (C=O) groups excluding carboxylic acids is 1. The SMILES string of the molecule is CCC(C)CC(=O)CC(C)(C)C. The normalized spacial score (nSPS) is 14.4. The van der Waals surface area contributed by atoms with Crippen molar-refractivity contribution < 1.29 is 4.79 Å². The first-order valence-corrected chi connectivity index (χ1v) is 4.87. The number of hydrogen-bond donors (Lipinski definition) is 0. The number of hydrogen-bond acceptors (Lipinski definition) is 1. The topological polar surface area (TPSA) is 17.1 Å². The maximum atomic E-state index is 11.4. The molecule has 72 valence electrons. The van der Waals surface area contributed by atoms with E-state index in [1.807, 2.05) is 0 Å². The molecule has 0 radical (unpaired) electrons. The summed E-state index contributed by atoms with van der Waals surface area (Å²) in [5.74, 6) is 0.969. The molecular formula is C11H22O. The summed E-state index contributed by atoms with van der Waals surface area (Å²) in [5.41, 5.74) is 0.157. The van der Waals surface area contributed by atoms with E-state index in [4.69, 9.17) is 0 Å². The molecule has 0 rings (SSSR count). The Morgan fingerprint density at radius 3 is 2.17 bits per heavy atom. The molecule has 0 saturated carbocycles. The van der Waals surface area contributed by atoms with Gasteiger partial charge in [0.15, 0.2) is 0 Å². The highest BCUT2D eigenvalue weighted by molar-refractivity contribution is 5.79. The van der Waals surface area contributed by atoms with Crippen molar-refractivity contribution in [3.05, 3.63) is 0 Å². The minimum atomic E-state index is 0.157. The summed E-state index contributed by atoms with van der Waals surface area (Å²) in [6.07, 6.45) is 2.58. The number of Topliss-reactive ketones (excluding diaryl/α,β-unsaturated/α-hetero) is 1. The fourth-order valence-electron chi connectivity index (χ4n) is 1.20. The lowest BCUT2D eigenvalue weighted by Gasteiger charge is -2.17. The van der Waals surface area contributed by atoms with Crippen molar-refractivity contribution in [2.24, 2.45) is 11.3 Å². The zero-order valence-electron chi connectivity index (χ0n) is 9.11. The third kappa shape index (κ3) is 6.38. The third-order valence-electron chi connectivity index (χ3n) is 2.00. The molecule has 0 aromatic heterocycles. The molecule has 1 nitrogen and oxygen atoms in total. The van der Waals surface area contributed by atoms with Crippen LogP contribution in [0.5, 0.6) is 0 Å². The molecule has 0 aromatic carbocycles. The first-order chi connectivity index (χ1) is 5.35. The van der Waals surface area contributed by atoms with Crippen molar-refractivity contribution in [3.63, 3.8) is 0 Å². The monoisotopic (exact) mass is 170 g/mol. The van der Waals surface area contributed by atoms with E-state index in [1.165, 1.54) is 0 Å². The summed E-state index contributed by atoms with van der Waals surface area (Å²) < 4.78 is 0. The zero-order chi connectivity index (χ0) is 9.78. The van der Waals surface area contributed by atoms with E-state index >= 15 is 0 Å². The predicted molar refractivity (Wildman–Crippen MR) is 53.2 cm³/mol. The summed E-state index contributed by atoms with van der Waals surface area (Å²) in [6, 6.07) is 0. The van der Waals surface area contributed by atoms with E-state index in [0.717, 1.165) is 19.3 Å². The Labute approximate surface area is 76.6 Å². The van der Waals surface area contributed by atoms with Crippen molar-refractivity contribution in [3.8, 4) is 0 Å². The summed E-state index contributed by atoms with van der Waals surface area (Å²) in [7, 11) is 0. The van der Waals surface area contributed by atoms with Crippen molar-refractivity contribution in [2.45, 2.75) is 53.9 Å². The highest BCUT2D eigenvalue weighted by Gasteiger charge is 2.16. The van der Waals surface area contributed by atoms with Crippen LogP contribution in [0.25, 0.3) is 0 Å². The summed E-state index contributed by atoms with van der Waals surface area (Å²) in [6.45, 7) is 10.6. The molecule has 0 N–H and O–H groups in total. The van der Waals surface area contributed by atoms with Gasteiger partial charge in [-0.05, 0) is 11.3 Å². The standard InChI is InChI=1S/C11H22O/c1-6-9(2)7-10(12)8-11(3,4)5/h9H,6-8H2,1-5H3. The second-order valence-electron chi connectivity index (χ2n) is 4.99. The van der Waals surface area contributed by atoms with Crippen LogP contribution in [0.4, 0.5) is 0 Å². The lowest BCUT2D eigenvalue weighted by molar-refractivity contribution is -0.121. The predicted octanol–water partition coefficient (Wildman–Crippen LogP) is 3.43. The van der Waals surface area contributed by atoms with Crippen molar-refractivity contribution in [1.29, 1.82) is 0 Å². The van der Waals surface area contributed by atoms with Crippen LogP contribution in [0.3, 0.4) is 0 Å². The Balaban J connectivity index is 3.75.